The summed E-state index contributed by atoms with van der Waals surface area (Å²) >= 11 is 5.74. The minimum absolute atomic E-state index is 0.202. The fourth-order valence-electron chi connectivity index (χ4n) is 1.23. The summed E-state index contributed by atoms with van der Waals surface area (Å²) in [5, 5.41) is 0.401. The van der Waals surface area contributed by atoms with Gasteiger partial charge in [-0.1, -0.05) is 18.2 Å². The van der Waals surface area contributed by atoms with Crippen molar-refractivity contribution in [1.29, 1.82) is 0 Å². The van der Waals surface area contributed by atoms with Gasteiger partial charge in [-0.2, -0.15) is 0 Å². The maximum atomic E-state index is 11.9. The number of carbonyl (C=O) groups excluding carboxylic acids is 2. The van der Waals surface area contributed by atoms with Crippen molar-refractivity contribution < 1.29 is 19.1 Å². The molecule has 0 aromatic rings. The first-order chi connectivity index (χ1) is 8.46. The van der Waals surface area contributed by atoms with E-state index in [0.717, 1.165) is 0 Å². The average molecular weight is 273 g/mol. The number of hydrogen-bond acceptors (Lipinski definition) is 4. The Morgan fingerprint density at radius 3 is 2.39 bits per heavy atom. The second-order valence-electron chi connectivity index (χ2n) is 3.32. The van der Waals surface area contributed by atoms with Crippen molar-refractivity contribution in [2.24, 2.45) is 0 Å². The lowest BCUT2D eigenvalue weighted by Gasteiger charge is -2.07. The van der Waals surface area contributed by atoms with Crippen LogP contribution < -0.4 is 0 Å². The summed E-state index contributed by atoms with van der Waals surface area (Å²) in [6, 6.07) is 0. The van der Waals surface area contributed by atoms with Crippen LogP contribution in [0.1, 0.15) is 20.3 Å². The number of hydrogen-bond donors (Lipinski definition) is 0. The molecule has 0 aromatic carbocycles. The SMILES string of the molecule is C=C/C(OC)=C(\C=C(/C)Cl)C(=O)CC(=O)OCC. The monoisotopic (exact) mass is 272 g/mol. The fourth-order valence-corrected chi connectivity index (χ4v) is 1.34. The van der Waals surface area contributed by atoms with Gasteiger partial charge in [0.15, 0.2) is 5.78 Å². The van der Waals surface area contributed by atoms with E-state index in [1.54, 1.807) is 13.8 Å². The molecule has 18 heavy (non-hydrogen) atoms. The Hall–Kier alpha value is -1.55. The Labute approximate surface area is 112 Å². The lowest BCUT2D eigenvalue weighted by atomic mass is 10.1. The van der Waals surface area contributed by atoms with Gasteiger partial charge in [0, 0.05) is 5.03 Å². The number of Topliss-reactive ketones (excluding diaryl/α,β-unsaturated/α-hetero) is 1. The molecule has 100 valence electrons. The van der Waals surface area contributed by atoms with Gasteiger partial charge in [-0.3, -0.25) is 9.59 Å². The van der Waals surface area contributed by atoms with Gasteiger partial charge in [0.05, 0.1) is 19.3 Å². The molecule has 0 unspecified atom stereocenters. The first kappa shape index (κ1) is 16.4. The summed E-state index contributed by atoms with van der Waals surface area (Å²) < 4.78 is 9.72. The van der Waals surface area contributed by atoms with Crippen LogP contribution in [0.25, 0.3) is 0 Å². The van der Waals surface area contributed by atoms with Crippen LogP contribution >= 0.6 is 11.6 Å². The number of rotatable bonds is 7. The van der Waals surface area contributed by atoms with Crippen molar-refractivity contribution in [3.05, 3.63) is 35.1 Å². The molecule has 0 rings (SSSR count). The van der Waals surface area contributed by atoms with Gasteiger partial charge < -0.3 is 9.47 Å². The number of ketones is 1. The van der Waals surface area contributed by atoms with E-state index in [2.05, 4.69) is 6.58 Å². The molecule has 0 aromatic heterocycles. The highest BCUT2D eigenvalue weighted by atomic mass is 35.5. The highest BCUT2D eigenvalue weighted by molar-refractivity contribution is 6.29. The van der Waals surface area contributed by atoms with Gasteiger partial charge in [0.1, 0.15) is 12.2 Å². The normalized spacial score (nSPS) is 12.6. The molecule has 5 heteroatoms. The fraction of sp³-hybridized carbons (Fsp3) is 0.385. The number of esters is 1. The molecule has 0 aliphatic rings. The zero-order chi connectivity index (χ0) is 14.1. The predicted molar refractivity (Wildman–Crippen MR) is 70.1 cm³/mol. The van der Waals surface area contributed by atoms with E-state index in [1.807, 2.05) is 0 Å². The Bertz CT molecular complexity index is 390. The zero-order valence-corrected chi connectivity index (χ0v) is 11.5. The van der Waals surface area contributed by atoms with E-state index in [4.69, 9.17) is 21.1 Å². The molecular formula is C13H17ClO4. The lowest BCUT2D eigenvalue weighted by molar-refractivity contribution is -0.144. The van der Waals surface area contributed by atoms with Crippen LogP contribution in [0.15, 0.2) is 35.1 Å². The second kappa shape index (κ2) is 8.53. The van der Waals surface area contributed by atoms with E-state index in [1.165, 1.54) is 19.3 Å². The topological polar surface area (TPSA) is 52.6 Å². The van der Waals surface area contributed by atoms with Crippen molar-refractivity contribution >= 4 is 23.4 Å². The van der Waals surface area contributed by atoms with E-state index in [-0.39, 0.29) is 24.4 Å². The maximum absolute atomic E-state index is 11.9. The summed E-state index contributed by atoms with van der Waals surface area (Å²) in [5.74, 6) is -0.741. The third-order valence-corrected chi connectivity index (χ3v) is 2.03. The molecule has 0 saturated carbocycles. The number of allylic oxidation sites excluding steroid dienone is 4. The quantitative estimate of drug-likeness (QED) is 0.235. The first-order valence-electron chi connectivity index (χ1n) is 5.39. The van der Waals surface area contributed by atoms with Gasteiger partial charge in [-0.15, -0.1) is 0 Å². The molecular weight excluding hydrogens is 256 g/mol. The third-order valence-electron chi connectivity index (χ3n) is 1.92. The highest BCUT2D eigenvalue weighted by Gasteiger charge is 2.17. The van der Waals surface area contributed by atoms with E-state index in [0.29, 0.717) is 5.03 Å². The summed E-state index contributed by atoms with van der Waals surface area (Å²) in [6.07, 6.45) is 2.46. The molecule has 4 nitrogen and oxygen atoms in total. The summed E-state index contributed by atoms with van der Waals surface area (Å²) in [5.41, 5.74) is 0.202. The molecule has 0 amide bonds. The zero-order valence-electron chi connectivity index (χ0n) is 10.8. The Balaban J connectivity index is 5.17. The van der Waals surface area contributed by atoms with Crippen molar-refractivity contribution in [3.8, 4) is 0 Å². The smallest absolute Gasteiger partial charge is 0.313 e. The van der Waals surface area contributed by atoms with Crippen LogP contribution in [-0.2, 0) is 19.1 Å². The van der Waals surface area contributed by atoms with Gasteiger partial charge in [-0.25, -0.2) is 0 Å². The van der Waals surface area contributed by atoms with Crippen LogP contribution in [0.2, 0.25) is 0 Å². The van der Waals surface area contributed by atoms with Crippen LogP contribution in [0, 0.1) is 0 Å². The molecule has 0 saturated heterocycles. The number of carbonyl (C=O) groups is 2. The summed E-state index contributed by atoms with van der Waals surface area (Å²) in [6.45, 7) is 7.06. The summed E-state index contributed by atoms with van der Waals surface area (Å²) in [7, 11) is 1.41. The Kier molecular flexibility index (Phi) is 7.79. The molecule has 0 bridgehead atoms. The largest absolute Gasteiger partial charge is 0.496 e. The molecule has 0 atom stereocenters. The van der Waals surface area contributed by atoms with Gasteiger partial charge in [0.2, 0.25) is 0 Å². The van der Waals surface area contributed by atoms with E-state index in [9.17, 15) is 9.59 Å². The molecule has 0 aliphatic heterocycles. The highest BCUT2D eigenvalue weighted by Crippen LogP contribution is 2.15. The standard InChI is InChI=1S/C13H17ClO4/c1-5-12(17-4)10(7-9(3)14)11(15)8-13(16)18-6-2/h5,7H,1,6,8H2,2-4H3/b9-7+,12-10-. The minimum atomic E-state index is -0.583. The number of ether oxygens (including phenoxy) is 2. The van der Waals surface area contributed by atoms with Crippen molar-refractivity contribution in [2.45, 2.75) is 20.3 Å². The average Bonchev–Trinajstić information content (AvgIpc) is 2.28. The van der Waals surface area contributed by atoms with Crippen LogP contribution in [0.4, 0.5) is 0 Å². The number of halogens is 1. The van der Waals surface area contributed by atoms with Crippen LogP contribution in [0.5, 0.6) is 0 Å². The predicted octanol–water partition coefficient (Wildman–Crippen LogP) is 2.74. The van der Waals surface area contributed by atoms with Gasteiger partial charge in [0.25, 0.3) is 0 Å². The molecule has 0 radical (unpaired) electrons. The van der Waals surface area contributed by atoms with Crippen molar-refractivity contribution in [3.63, 3.8) is 0 Å². The van der Waals surface area contributed by atoms with Crippen LogP contribution in [-0.4, -0.2) is 25.5 Å². The third kappa shape index (κ3) is 5.68. The van der Waals surface area contributed by atoms with Crippen molar-refractivity contribution in [1.82, 2.24) is 0 Å². The number of methoxy groups -OCH3 is 1. The second-order valence-corrected chi connectivity index (χ2v) is 3.92. The van der Waals surface area contributed by atoms with Crippen LogP contribution in [0.3, 0.4) is 0 Å². The lowest BCUT2D eigenvalue weighted by Crippen LogP contribution is -2.13. The molecule has 0 N–H and O–H groups in total. The van der Waals surface area contributed by atoms with Gasteiger partial charge in [-0.05, 0) is 26.0 Å². The summed E-state index contributed by atoms with van der Waals surface area (Å²) in [4.78, 5) is 23.2. The maximum Gasteiger partial charge on any atom is 0.313 e. The Morgan fingerprint density at radius 1 is 1.39 bits per heavy atom. The molecule has 0 spiro atoms. The van der Waals surface area contributed by atoms with Crippen molar-refractivity contribution in [2.75, 3.05) is 13.7 Å². The molecule has 0 aliphatic carbocycles. The minimum Gasteiger partial charge on any atom is -0.496 e. The van der Waals surface area contributed by atoms with E-state index < -0.39 is 11.8 Å². The molecule has 0 fully saturated rings. The first-order valence-corrected chi connectivity index (χ1v) is 5.77. The molecule has 0 heterocycles. The Morgan fingerprint density at radius 2 is 2.00 bits per heavy atom. The van der Waals surface area contributed by atoms with Gasteiger partial charge >= 0.3 is 5.97 Å². The van der Waals surface area contributed by atoms with E-state index >= 15 is 0 Å².